The maximum atomic E-state index is 12.3. The van der Waals surface area contributed by atoms with Gasteiger partial charge < -0.3 is 10.2 Å². The van der Waals surface area contributed by atoms with Gasteiger partial charge in [-0.25, -0.2) is 0 Å². The lowest BCUT2D eigenvalue weighted by molar-refractivity contribution is -0.115. The van der Waals surface area contributed by atoms with Crippen molar-refractivity contribution in [1.82, 2.24) is 0 Å². The molecule has 1 atom stereocenters. The molecule has 0 bridgehead atoms. The molecule has 0 saturated carbocycles. The minimum atomic E-state index is 0.0350. The summed E-state index contributed by atoms with van der Waals surface area (Å²) >= 11 is 0. The Hall–Kier alpha value is -2.29. The Morgan fingerprint density at radius 2 is 1.91 bits per heavy atom. The Kier molecular flexibility index (Phi) is 4.14. The third-order valence-corrected chi connectivity index (χ3v) is 4.31. The van der Waals surface area contributed by atoms with Crippen molar-refractivity contribution < 1.29 is 4.79 Å². The van der Waals surface area contributed by atoms with Gasteiger partial charge in [-0.1, -0.05) is 37.3 Å². The van der Waals surface area contributed by atoms with Crippen LogP contribution in [-0.4, -0.2) is 18.5 Å². The molecule has 1 amide bonds. The number of anilines is 2. The third kappa shape index (κ3) is 2.98. The van der Waals surface area contributed by atoms with E-state index in [2.05, 4.69) is 54.4 Å². The molecule has 1 aliphatic rings. The second-order valence-corrected chi connectivity index (χ2v) is 5.91. The smallest absolute Gasteiger partial charge is 0.243 e. The lowest BCUT2D eigenvalue weighted by Gasteiger charge is -2.24. The van der Waals surface area contributed by atoms with Crippen LogP contribution in [0.15, 0.2) is 48.5 Å². The van der Waals surface area contributed by atoms with E-state index in [1.54, 1.807) is 0 Å². The maximum Gasteiger partial charge on any atom is 0.243 e. The molecule has 0 saturated heterocycles. The van der Waals surface area contributed by atoms with Crippen LogP contribution in [0, 0.1) is 0 Å². The highest BCUT2D eigenvalue weighted by molar-refractivity contribution is 5.94. The van der Waals surface area contributed by atoms with Crippen LogP contribution < -0.4 is 10.2 Å². The largest absolute Gasteiger partial charge is 0.359 e. The number of carbonyl (C=O) groups excluding carboxylic acids is 1. The molecule has 3 rings (SSSR count). The van der Waals surface area contributed by atoms with Crippen molar-refractivity contribution in [3.8, 4) is 0 Å². The Balaban J connectivity index is 1.66. The minimum absolute atomic E-state index is 0.0350. The molecule has 1 N–H and O–H groups in total. The Morgan fingerprint density at radius 3 is 2.64 bits per heavy atom. The zero-order valence-corrected chi connectivity index (χ0v) is 13.2. The molecular weight excluding hydrogens is 272 g/mol. The summed E-state index contributed by atoms with van der Waals surface area (Å²) < 4.78 is 0. The monoisotopic (exact) mass is 294 g/mol. The van der Waals surface area contributed by atoms with Gasteiger partial charge in [-0.3, -0.25) is 4.79 Å². The number of hydrogen-bond donors (Lipinski definition) is 1. The molecule has 0 fully saturated rings. The predicted octanol–water partition coefficient (Wildman–Crippen LogP) is 3.64. The van der Waals surface area contributed by atoms with Gasteiger partial charge in [0.1, 0.15) is 0 Å². The molecule has 3 heteroatoms. The first-order chi connectivity index (χ1) is 10.7. The van der Waals surface area contributed by atoms with Crippen LogP contribution in [0.2, 0.25) is 0 Å². The zero-order chi connectivity index (χ0) is 15.5. The van der Waals surface area contributed by atoms with E-state index in [-0.39, 0.29) is 5.91 Å². The van der Waals surface area contributed by atoms with Crippen LogP contribution in [-0.2, 0) is 17.6 Å². The van der Waals surface area contributed by atoms with Crippen LogP contribution >= 0.6 is 0 Å². The van der Waals surface area contributed by atoms with Crippen LogP contribution in [0.5, 0.6) is 0 Å². The summed E-state index contributed by atoms with van der Waals surface area (Å²) in [6, 6.07) is 16.8. The summed E-state index contributed by atoms with van der Waals surface area (Å²) in [4.78, 5) is 14.5. The van der Waals surface area contributed by atoms with Gasteiger partial charge >= 0.3 is 0 Å². The Morgan fingerprint density at radius 1 is 1.18 bits per heavy atom. The lowest BCUT2D eigenvalue weighted by atomic mass is 10.1. The van der Waals surface area contributed by atoms with Gasteiger partial charge in [0, 0.05) is 17.4 Å². The molecular formula is C19H22N2O. The van der Waals surface area contributed by atoms with Crippen molar-refractivity contribution in [3.63, 3.8) is 0 Å². The molecule has 0 aliphatic carbocycles. The number of fused-ring (bicyclic) bond motifs is 1. The third-order valence-electron chi connectivity index (χ3n) is 4.31. The fraction of sp³-hybridized carbons (Fsp3) is 0.316. The van der Waals surface area contributed by atoms with Crippen LogP contribution in [0.1, 0.15) is 25.0 Å². The number of hydrogen-bond acceptors (Lipinski definition) is 2. The predicted molar refractivity (Wildman–Crippen MR) is 91.4 cm³/mol. The van der Waals surface area contributed by atoms with E-state index in [0.717, 1.165) is 18.5 Å². The van der Waals surface area contributed by atoms with Crippen molar-refractivity contribution in [2.75, 3.05) is 16.8 Å². The standard InChI is InChI=1S/C19H22N2O/c1-3-15-8-10-17(11-9-15)20-19(22)13-21-14(2)12-16-6-4-5-7-18(16)21/h4-11,14H,3,12-13H2,1-2H3,(H,20,22). The summed E-state index contributed by atoms with van der Waals surface area (Å²) in [6.07, 6.45) is 2.02. The molecule has 0 spiro atoms. The Bertz CT molecular complexity index is 663. The highest BCUT2D eigenvalue weighted by Crippen LogP contribution is 2.31. The van der Waals surface area contributed by atoms with E-state index in [9.17, 15) is 4.79 Å². The average molecular weight is 294 g/mol. The summed E-state index contributed by atoms with van der Waals surface area (Å²) in [5.74, 6) is 0.0350. The number of aryl methyl sites for hydroxylation is 1. The first-order valence-electron chi connectivity index (χ1n) is 7.90. The summed E-state index contributed by atoms with van der Waals surface area (Å²) in [5.41, 5.74) is 4.66. The molecule has 1 unspecified atom stereocenters. The molecule has 1 heterocycles. The van der Waals surface area contributed by atoms with Crippen LogP contribution in [0.3, 0.4) is 0 Å². The fourth-order valence-electron chi connectivity index (χ4n) is 3.05. The minimum Gasteiger partial charge on any atom is -0.359 e. The van der Waals surface area contributed by atoms with E-state index in [4.69, 9.17) is 0 Å². The summed E-state index contributed by atoms with van der Waals surface area (Å²) in [5, 5.41) is 2.99. The second kappa shape index (κ2) is 6.22. The van der Waals surface area contributed by atoms with Crippen molar-refractivity contribution in [3.05, 3.63) is 59.7 Å². The van der Waals surface area contributed by atoms with Crippen molar-refractivity contribution in [1.29, 1.82) is 0 Å². The number of nitrogens with one attached hydrogen (secondary N) is 1. The van der Waals surface area contributed by atoms with E-state index in [1.165, 1.54) is 16.8 Å². The molecule has 1 aliphatic heterocycles. The maximum absolute atomic E-state index is 12.3. The van der Waals surface area contributed by atoms with Gasteiger partial charge in [0.05, 0.1) is 6.54 Å². The van der Waals surface area contributed by atoms with Crippen molar-refractivity contribution in [2.45, 2.75) is 32.7 Å². The van der Waals surface area contributed by atoms with E-state index in [1.807, 2.05) is 18.2 Å². The first kappa shape index (κ1) is 14.6. The van der Waals surface area contributed by atoms with Crippen molar-refractivity contribution in [2.24, 2.45) is 0 Å². The molecule has 0 radical (unpaired) electrons. The molecule has 2 aromatic carbocycles. The number of benzene rings is 2. The van der Waals surface area contributed by atoms with Gasteiger partial charge in [-0.15, -0.1) is 0 Å². The highest BCUT2D eigenvalue weighted by Gasteiger charge is 2.26. The molecule has 3 nitrogen and oxygen atoms in total. The van der Waals surface area contributed by atoms with E-state index in [0.29, 0.717) is 12.6 Å². The molecule has 114 valence electrons. The number of rotatable bonds is 4. The SMILES string of the molecule is CCc1ccc(NC(=O)CN2c3ccccc3CC2C)cc1. The number of carbonyl (C=O) groups is 1. The van der Waals surface area contributed by atoms with Gasteiger partial charge in [0.25, 0.3) is 0 Å². The van der Waals surface area contributed by atoms with Crippen molar-refractivity contribution >= 4 is 17.3 Å². The molecule has 2 aromatic rings. The van der Waals surface area contributed by atoms with Gasteiger partial charge in [0.15, 0.2) is 0 Å². The normalized spacial score (nSPS) is 16.5. The molecule has 22 heavy (non-hydrogen) atoms. The first-order valence-corrected chi connectivity index (χ1v) is 7.90. The number of para-hydroxylation sites is 1. The van der Waals surface area contributed by atoms with Gasteiger partial charge in [0.2, 0.25) is 5.91 Å². The van der Waals surface area contributed by atoms with Crippen LogP contribution in [0.25, 0.3) is 0 Å². The van der Waals surface area contributed by atoms with E-state index >= 15 is 0 Å². The fourth-order valence-corrected chi connectivity index (χ4v) is 3.05. The number of nitrogens with zero attached hydrogens (tertiary/aromatic N) is 1. The highest BCUT2D eigenvalue weighted by atomic mass is 16.2. The molecule has 0 aromatic heterocycles. The quantitative estimate of drug-likeness (QED) is 0.933. The van der Waals surface area contributed by atoms with Crippen LogP contribution in [0.4, 0.5) is 11.4 Å². The summed E-state index contributed by atoms with van der Waals surface area (Å²) in [7, 11) is 0. The lowest BCUT2D eigenvalue weighted by Crippen LogP contribution is -2.37. The van der Waals surface area contributed by atoms with Gasteiger partial charge in [-0.2, -0.15) is 0 Å². The van der Waals surface area contributed by atoms with E-state index < -0.39 is 0 Å². The average Bonchev–Trinajstić information content (AvgIpc) is 2.84. The Labute approximate surface area is 132 Å². The van der Waals surface area contributed by atoms with Gasteiger partial charge in [-0.05, 0) is 49.1 Å². The summed E-state index contributed by atoms with van der Waals surface area (Å²) in [6.45, 7) is 4.69. The zero-order valence-electron chi connectivity index (χ0n) is 13.2. The topological polar surface area (TPSA) is 32.3 Å². The second-order valence-electron chi connectivity index (χ2n) is 5.91. The number of amides is 1.